The highest BCUT2D eigenvalue weighted by Gasteiger charge is 2.45. The first-order valence-electron chi connectivity index (χ1n) is 15.0. The Hall–Kier alpha value is -5.45. The van der Waals surface area contributed by atoms with Gasteiger partial charge >= 0.3 is 0 Å². The zero-order valence-electron chi connectivity index (χ0n) is 24.4. The van der Waals surface area contributed by atoms with Crippen molar-refractivity contribution in [1.82, 2.24) is 15.0 Å². The molecule has 1 aliphatic heterocycles. The molecule has 1 atom stereocenters. The van der Waals surface area contributed by atoms with Gasteiger partial charge in [-0.25, -0.2) is 15.0 Å². The molecule has 1 unspecified atom stereocenters. The molecule has 1 aliphatic rings. The lowest BCUT2D eigenvalue weighted by atomic mass is 10.0. The SMILES string of the molecule is C[Si]1(c2ccccc2)c2ccccc2-c2cccc(-c3nc(-c4ccccc4)nc(-c4ccc(-c5ccccc5)cc4)n3)c21. The van der Waals surface area contributed by atoms with Crippen LogP contribution in [0.4, 0.5) is 0 Å². The number of rotatable bonds is 5. The van der Waals surface area contributed by atoms with Crippen LogP contribution >= 0.6 is 0 Å². The van der Waals surface area contributed by atoms with Crippen LogP contribution in [-0.4, -0.2) is 23.0 Å². The van der Waals surface area contributed by atoms with E-state index in [0.29, 0.717) is 17.5 Å². The predicted octanol–water partition coefficient (Wildman–Crippen LogP) is 7.62. The molecule has 44 heavy (non-hydrogen) atoms. The molecule has 0 saturated heterocycles. The fraction of sp³-hybridized carbons (Fsp3) is 0.0250. The molecule has 0 amide bonds. The van der Waals surface area contributed by atoms with E-state index >= 15 is 0 Å². The van der Waals surface area contributed by atoms with Crippen molar-refractivity contribution in [2.24, 2.45) is 0 Å². The van der Waals surface area contributed by atoms with Gasteiger partial charge in [0.1, 0.15) is 8.07 Å². The van der Waals surface area contributed by atoms with Gasteiger partial charge in [-0.2, -0.15) is 0 Å². The summed E-state index contributed by atoms with van der Waals surface area (Å²) in [5.74, 6) is 2.05. The highest BCUT2D eigenvalue weighted by Crippen LogP contribution is 2.34. The van der Waals surface area contributed by atoms with Crippen LogP contribution in [0.1, 0.15) is 0 Å². The van der Waals surface area contributed by atoms with Gasteiger partial charge in [-0.3, -0.25) is 0 Å². The molecule has 3 nitrogen and oxygen atoms in total. The van der Waals surface area contributed by atoms with Gasteiger partial charge in [-0.1, -0.05) is 164 Å². The molecule has 2 heterocycles. The molecule has 0 N–H and O–H groups in total. The molecule has 8 rings (SSSR count). The maximum atomic E-state index is 5.20. The number of hydrogen-bond acceptors (Lipinski definition) is 3. The van der Waals surface area contributed by atoms with E-state index in [1.165, 1.54) is 32.3 Å². The molecule has 0 saturated carbocycles. The summed E-state index contributed by atoms with van der Waals surface area (Å²) in [6.45, 7) is 2.47. The second-order valence-electron chi connectivity index (χ2n) is 11.4. The third kappa shape index (κ3) is 4.31. The maximum absolute atomic E-state index is 5.20. The van der Waals surface area contributed by atoms with Crippen LogP contribution in [0.15, 0.2) is 158 Å². The van der Waals surface area contributed by atoms with E-state index in [0.717, 1.165) is 22.3 Å². The maximum Gasteiger partial charge on any atom is 0.164 e. The van der Waals surface area contributed by atoms with Crippen molar-refractivity contribution in [3.63, 3.8) is 0 Å². The predicted molar refractivity (Wildman–Crippen MR) is 184 cm³/mol. The second kappa shape index (κ2) is 10.7. The van der Waals surface area contributed by atoms with Gasteiger partial charge in [0.25, 0.3) is 0 Å². The molecular formula is C40H29N3Si. The first-order valence-corrected chi connectivity index (χ1v) is 17.5. The fourth-order valence-electron chi connectivity index (χ4n) is 6.65. The Balaban J connectivity index is 1.35. The summed E-state index contributed by atoms with van der Waals surface area (Å²) in [7, 11) is -2.37. The summed E-state index contributed by atoms with van der Waals surface area (Å²) >= 11 is 0. The summed E-state index contributed by atoms with van der Waals surface area (Å²) in [4.78, 5) is 15.4. The Morgan fingerprint density at radius 1 is 0.364 bits per heavy atom. The van der Waals surface area contributed by atoms with Crippen molar-refractivity contribution in [2.75, 3.05) is 0 Å². The zero-order valence-corrected chi connectivity index (χ0v) is 25.4. The fourth-order valence-corrected chi connectivity index (χ4v) is 11.1. The third-order valence-electron chi connectivity index (χ3n) is 8.83. The Labute approximate surface area is 258 Å². The normalized spacial score (nSPS) is 15.0. The van der Waals surface area contributed by atoms with Gasteiger partial charge in [-0.15, -0.1) is 0 Å². The summed E-state index contributed by atoms with van der Waals surface area (Å²) in [6, 6.07) is 55.7. The summed E-state index contributed by atoms with van der Waals surface area (Å²) < 4.78 is 0. The summed E-state index contributed by atoms with van der Waals surface area (Å²) in [6.07, 6.45) is 0. The minimum atomic E-state index is -2.37. The first-order chi connectivity index (χ1) is 21.7. The number of fused-ring (bicyclic) bond motifs is 3. The molecule has 1 aromatic heterocycles. The van der Waals surface area contributed by atoms with Crippen molar-refractivity contribution in [1.29, 1.82) is 0 Å². The smallest absolute Gasteiger partial charge is 0.164 e. The van der Waals surface area contributed by atoms with Gasteiger partial charge in [-0.05, 0) is 37.8 Å². The van der Waals surface area contributed by atoms with Gasteiger partial charge in [0.2, 0.25) is 0 Å². The molecule has 7 aromatic rings. The largest absolute Gasteiger partial charge is 0.208 e. The molecule has 0 fully saturated rings. The standard InChI is InChI=1S/C40H29N3Si/c1-44(32-18-9-4-10-19-32)36-23-12-11-20-33(36)34-21-13-22-35(37(34)44)40-42-38(30-16-7-3-8-17-30)41-39(43-40)31-26-24-29(25-27-31)28-14-5-2-6-15-28/h2-27H,1H3. The lowest BCUT2D eigenvalue weighted by Gasteiger charge is -2.27. The van der Waals surface area contributed by atoms with Crippen molar-refractivity contribution < 1.29 is 0 Å². The van der Waals surface area contributed by atoms with Crippen LogP contribution in [0.3, 0.4) is 0 Å². The van der Waals surface area contributed by atoms with Gasteiger partial charge in [0.05, 0.1) is 0 Å². The van der Waals surface area contributed by atoms with Crippen molar-refractivity contribution >= 4 is 23.6 Å². The Kier molecular flexibility index (Phi) is 6.35. The van der Waals surface area contributed by atoms with E-state index < -0.39 is 8.07 Å². The Morgan fingerprint density at radius 3 is 1.50 bits per heavy atom. The van der Waals surface area contributed by atoms with Crippen LogP contribution in [-0.2, 0) is 0 Å². The average molecular weight is 580 g/mol. The number of benzene rings is 6. The summed E-state index contributed by atoms with van der Waals surface area (Å²) in [5.41, 5.74) is 7.96. The topological polar surface area (TPSA) is 38.7 Å². The van der Waals surface area contributed by atoms with E-state index in [1.807, 2.05) is 24.3 Å². The van der Waals surface area contributed by atoms with E-state index in [1.54, 1.807) is 0 Å². The molecule has 4 heteroatoms. The van der Waals surface area contributed by atoms with Crippen LogP contribution < -0.4 is 15.6 Å². The van der Waals surface area contributed by atoms with Crippen molar-refractivity contribution in [3.05, 3.63) is 158 Å². The van der Waals surface area contributed by atoms with Crippen molar-refractivity contribution in [3.8, 4) is 56.4 Å². The molecule has 0 aliphatic carbocycles. The molecule has 208 valence electrons. The third-order valence-corrected chi connectivity index (χ3v) is 13.4. The first kappa shape index (κ1) is 26.2. The van der Waals surface area contributed by atoms with Crippen molar-refractivity contribution in [2.45, 2.75) is 6.55 Å². The van der Waals surface area contributed by atoms with Crippen LogP contribution in [0, 0.1) is 0 Å². The molecule has 6 aromatic carbocycles. The average Bonchev–Trinajstić information content (AvgIpc) is 3.38. The Bertz CT molecular complexity index is 2110. The lowest BCUT2D eigenvalue weighted by molar-refractivity contribution is 1.08. The molecule has 0 spiro atoms. The minimum Gasteiger partial charge on any atom is -0.208 e. The quantitative estimate of drug-likeness (QED) is 0.197. The molecule has 0 radical (unpaired) electrons. The van der Waals surface area contributed by atoms with E-state index in [2.05, 4.69) is 140 Å². The van der Waals surface area contributed by atoms with Gasteiger partial charge in [0.15, 0.2) is 17.5 Å². The highest BCUT2D eigenvalue weighted by atomic mass is 28.3. The van der Waals surface area contributed by atoms with Crippen LogP contribution in [0.5, 0.6) is 0 Å². The van der Waals surface area contributed by atoms with E-state index in [-0.39, 0.29) is 0 Å². The van der Waals surface area contributed by atoms with Gasteiger partial charge < -0.3 is 0 Å². The lowest BCUT2D eigenvalue weighted by Crippen LogP contribution is -2.62. The number of aromatic nitrogens is 3. The highest BCUT2D eigenvalue weighted by molar-refractivity contribution is 7.14. The van der Waals surface area contributed by atoms with Crippen LogP contribution in [0.25, 0.3) is 56.4 Å². The second-order valence-corrected chi connectivity index (χ2v) is 15.2. The summed E-state index contributed by atoms with van der Waals surface area (Å²) in [5, 5.41) is 4.18. The number of hydrogen-bond donors (Lipinski definition) is 0. The van der Waals surface area contributed by atoms with E-state index in [9.17, 15) is 0 Å². The zero-order chi connectivity index (χ0) is 29.5. The molecular weight excluding hydrogens is 551 g/mol. The Morgan fingerprint density at radius 2 is 0.818 bits per heavy atom. The van der Waals surface area contributed by atoms with Gasteiger partial charge in [0, 0.05) is 16.7 Å². The number of nitrogens with zero attached hydrogens (tertiary/aromatic N) is 3. The van der Waals surface area contributed by atoms with E-state index in [4.69, 9.17) is 15.0 Å². The monoisotopic (exact) mass is 579 g/mol. The van der Waals surface area contributed by atoms with Crippen LogP contribution in [0.2, 0.25) is 6.55 Å². The molecule has 0 bridgehead atoms. The minimum absolute atomic E-state index is 0.671.